The molecule has 0 bridgehead atoms. The first-order valence-corrected chi connectivity index (χ1v) is 13.3. The van der Waals surface area contributed by atoms with Crippen molar-refractivity contribution in [2.75, 3.05) is 13.1 Å². The topological polar surface area (TPSA) is 61.9 Å². The molecule has 4 aromatic rings. The fraction of sp³-hybridized carbons (Fsp3) is 0.480. The summed E-state index contributed by atoms with van der Waals surface area (Å²) in [5.74, 6) is 2.04. The summed E-state index contributed by atoms with van der Waals surface area (Å²) in [6, 6.07) is 8.53. The van der Waals surface area contributed by atoms with E-state index in [1.807, 2.05) is 11.3 Å². The third-order valence-corrected chi connectivity index (χ3v) is 9.66. The van der Waals surface area contributed by atoms with Gasteiger partial charge in [0.25, 0.3) is 5.56 Å². The number of nitrogens with one attached hydrogen (secondary N) is 1. The van der Waals surface area contributed by atoms with Gasteiger partial charge in [0.2, 0.25) is 0 Å². The first-order chi connectivity index (χ1) is 15.6. The number of para-hydroxylation sites is 1. The molecule has 1 aliphatic heterocycles. The van der Waals surface area contributed by atoms with Crippen LogP contribution in [0.25, 0.3) is 20.4 Å². The lowest BCUT2D eigenvalue weighted by molar-refractivity contribution is 0.157. The molecule has 3 aromatic heterocycles. The van der Waals surface area contributed by atoms with Crippen LogP contribution in [0, 0.1) is 5.92 Å². The van der Waals surface area contributed by atoms with Crippen LogP contribution in [-0.2, 0) is 12.8 Å². The van der Waals surface area contributed by atoms with Crippen LogP contribution in [0.5, 0.6) is 0 Å². The lowest BCUT2D eigenvalue weighted by atomic mass is 9.89. The van der Waals surface area contributed by atoms with E-state index in [4.69, 9.17) is 9.97 Å². The first kappa shape index (κ1) is 20.5. The molecule has 5 nitrogen and oxygen atoms in total. The Bertz CT molecular complexity index is 1310. The molecule has 1 fully saturated rings. The molecule has 2 aliphatic rings. The number of nitrogens with zero attached hydrogens (tertiary/aromatic N) is 3. The number of aryl methyl sites for hydroxylation is 1. The zero-order valence-electron chi connectivity index (χ0n) is 18.6. The molecule has 2 atom stereocenters. The zero-order chi connectivity index (χ0) is 21.8. The Hall–Kier alpha value is -2.09. The van der Waals surface area contributed by atoms with Crippen LogP contribution in [0.3, 0.4) is 0 Å². The molecule has 32 heavy (non-hydrogen) atoms. The van der Waals surface area contributed by atoms with Crippen molar-refractivity contribution in [1.29, 1.82) is 0 Å². The van der Waals surface area contributed by atoms with Gasteiger partial charge in [0.05, 0.1) is 26.7 Å². The van der Waals surface area contributed by atoms with Crippen LogP contribution < -0.4 is 5.56 Å². The van der Waals surface area contributed by atoms with Crippen molar-refractivity contribution in [2.24, 2.45) is 5.92 Å². The van der Waals surface area contributed by atoms with Crippen molar-refractivity contribution in [2.45, 2.75) is 57.9 Å². The molecule has 0 unspecified atom stereocenters. The molecule has 1 saturated heterocycles. The lowest BCUT2D eigenvalue weighted by Crippen LogP contribution is -2.36. The van der Waals surface area contributed by atoms with Crippen LogP contribution in [0.2, 0.25) is 0 Å². The van der Waals surface area contributed by atoms with E-state index in [0.717, 1.165) is 60.3 Å². The second-order valence-corrected chi connectivity index (χ2v) is 11.6. The van der Waals surface area contributed by atoms with Crippen LogP contribution in [-0.4, -0.2) is 32.9 Å². The van der Waals surface area contributed by atoms with Crippen LogP contribution >= 0.6 is 22.7 Å². The number of aromatic nitrogens is 3. The van der Waals surface area contributed by atoms with E-state index in [1.54, 1.807) is 11.3 Å². The summed E-state index contributed by atoms with van der Waals surface area (Å²) >= 11 is 3.58. The summed E-state index contributed by atoms with van der Waals surface area (Å²) in [4.78, 5) is 30.8. The third kappa shape index (κ3) is 3.51. The van der Waals surface area contributed by atoms with Crippen molar-refractivity contribution in [1.82, 2.24) is 19.9 Å². The summed E-state index contributed by atoms with van der Waals surface area (Å²) in [6.07, 6.45) is 5.46. The second kappa shape index (κ2) is 8.04. The molecular formula is C25H28N4OS2. The molecule has 1 aromatic carbocycles. The first-order valence-electron chi connectivity index (χ1n) is 11.7. The number of fused-ring (bicyclic) bond motifs is 4. The molecule has 1 N–H and O–H groups in total. The summed E-state index contributed by atoms with van der Waals surface area (Å²) in [5.41, 5.74) is 2.42. The van der Waals surface area contributed by atoms with Gasteiger partial charge in [-0.25, -0.2) is 9.97 Å². The van der Waals surface area contributed by atoms with Crippen LogP contribution in [0.1, 0.15) is 66.3 Å². The molecule has 1 aliphatic carbocycles. The highest BCUT2D eigenvalue weighted by atomic mass is 32.1. The highest BCUT2D eigenvalue weighted by Gasteiger charge is 2.29. The van der Waals surface area contributed by atoms with Gasteiger partial charge in [-0.05, 0) is 75.7 Å². The monoisotopic (exact) mass is 464 g/mol. The highest BCUT2D eigenvalue weighted by molar-refractivity contribution is 7.19. The zero-order valence-corrected chi connectivity index (χ0v) is 20.2. The molecule has 0 radical (unpaired) electrons. The maximum atomic E-state index is 13.0. The summed E-state index contributed by atoms with van der Waals surface area (Å²) in [7, 11) is 0. The minimum Gasteiger partial charge on any atom is -0.309 e. The molecule has 0 spiro atoms. The molecule has 166 valence electrons. The van der Waals surface area contributed by atoms with Crippen molar-refractivity contribution in [3.63, 3.8) is 0 Å². The quantitative estimate of drug-likeness (QED) is 0.425. The van der Waals surface area contributed by atoms with Crippen molar-refractivity contribution in [3.8, 4) is 0 Å². The van der Waals surface area contributed by atoms with E-state index in [9.17, 15) is 4.79 Å². The van der Waals surface area contributed by atoms with E-state index >= 15 is 0 Å². The maximum absolute atomic E-state index is 13.0. The van der Waals surface area contributed by atoms with Gasteiger partial charge in [-0.2, -0.15) is 0 Å². The Balaban J connectivity index is 1.21. The number of thiophene rings is 1. The number of H-pyrrole nitrogens is 1. The van der Waals surface area contributed by atoms with E-state index < -0.39 is 0 Å². The van der Waals surface area contributed by atoms with Gasteiger partial charge in [0.1, 0.15) is 10.7 Å². The minimum absolute atomic E-state index is 0.0493. The predicted molar refractivity (Wildman–Crippen MR) is 133 cm³/mol. The standard InChI is InChI=1S/C25H28N4OS2/c1-14-7-8-17-20(13-14)32-25-21(17)23(30)27-22(28-25)15(2)29-11-9-16(10-12-29)24-26-18-5-3-4-6-19(18)31-24/h3-6,14-16H,7-13H2,1-2H3,(H,27,28,30)/t14-,15+/m1/s1. The minimum atomic E-state index is 0.0493. The van der Waals surface area contributed by atoms with Gasteiger partial charge in [-0.15, -0.1) is 22.7 Å². The average molecular weight is 465 g/mol. The molecule has 0 amide bonds. The average Bonchev–Trinajstić information content (AvgIpc) is 3.39. The SMILES string of the molecule is C[C@@H]1CCc2c(sc3nc([C@H](C)N4CCC(c5nc6ccccc6s5)CC4)[nH]c(=O)c23)C1. The second-order valence-electron chi connectivity index (χ2n) is 9.49. The predicted octanol–water partition coefficient (Wildman–Crippen LogP) is 5.66. The number of benzene rings is 1. The lowest BCUT2D eigenvalue weighted by Gasteiger charge is -2.34. The maximum Gasteiger partial charge on any atom is 0.259 e. The number of hydrogen-bond donors (Lipinski definition) is 1. The van der Waals surface area contributed by atoms with Gasteiger partial charge in [0.15, 0.2) is 0 Å². The van der Waals surface area contributed by atoms with Gasteiger partial charge in [-0.1, -0.05) is 19.1 Å². The van der Waals surface area contributed by atoms with E-state index in [2.05, 4.69) is 48.0 Å². The van der Waals surface area contributed by atoms with E-state index in [0.29, 0.717) is 11.8 Å². The number of thiazole rings is 1. The molecule has 0 saturated carbocycles. The van der Waals surface area contributed by atoms with E-state index in [1.165, 1.54) is 26.6 Å². The molecule has 6 rings (SSSR count). The Labute approximate surface area is 195 Å². The van der Waals surface area contributed by atoms with Crippen LogP contribution in [0.15, 0.2) is 29.1 Å². The number of hydrogen-bond acceptors (Lipinski definition) is 6. The normalized spacial score (nSPS) is 21.2. The molecular weight excluding hydrogens is 436 g/mol. The largest absolute Gasteiger partial charge is 0.309 e. The van der Waals surface area contributed by atoms with Gasteiger partial charge < -0.3 is 4.98 Å². The molecule has 7 heteroatoms. The fourth-order valence-corrected chi connectivity index (χ4v) is 7.86. The fourth-order valence-electron chi connectivity index (χ4n) is 5.33. The summed E-state index contributed by atoms with van der Waals surface area (Å²) < 4.78 is 1.28. The number of likely N-dealkylation sites (tertiary alicyclic amines) is 1. The van der Waals surface area contributed by atoms with Crippen molar-refractivity contribution < 1.29 is 0 Å². The number of rotatable bonds is 3. The smallest absolute Gasteiger partial charge is 0.259 e. The number of aromatic amines is 1. The Morgan fingerprint density at radius 1 is 1.12 bits per heavy atom. The molecule has 4 heterocycles. The van der Waals surface area contributed by atoms with Gasteiger partial charge in [0, 0.05) is 10.8 Å². The summed E-state index contributed by atoms with van der Waals surface area (Å²) in [5, 5.41) is 2.12. The van der Waals surface area contributed by atoms with Crippen molar-refractivity contribution in [3.05, 3.63) is 55.9 Å². The summed E-state index contributed by atoms with van der Waals surface area (Å²) in [6.45, 7) is 6.48. The highest BCUT2D eigenvalue weighted by Crippen LogP contribution is 2.38. The van der Waals surface area contributed by atoms with Crippen LogP contribution in [0.4, 0.5) is 0 Å². The third-order valence-electron chi connectivity index (χ3n) is 7.32. The van der Waals surface area contributed by atoms with E-state index in [-0.39, 0.29) is 11.6 Å². The Morgan fingerprint density at radius 3 is 2.75 bits per heavy atom. The number of piperidine rings is 1. The van der Waals surface area contributed by atoms with Crippen molar-refractivity contribution >= 4 is 43.1 Å². The van der Waals surface area contributed by atoms with Gasteiger partial charge in [-0.3, -0.25) is 9.69 Å². The Morgan fingerprint density at radius 2 is 1.94 bits per heavy atom. The van der Waals surface area contributed by atoms with Gasteiger partial charge >= 0.3 is 0 Å². The Kier molecular flexibility index (Phi) is 5.16.